The molecule has 7 nitrogen and oxygen atoms in total. The molecule has 3 atom stereocenters. The highest BCUT2D eigenvalue weighted by atomic mass is 32.1. The Morgan fingerprint density at radius 2 is 2.06 bits per heavy atom. The standard InChI is InChI=1S/C22H27F2N3O4S/c1-2-31-21(30)16-15(9-13-10-22(23,24)11-14(13)20(28)29)26-18(19-25-7-8-32-19)27-17(16)12-5-3-4-6-12/h7-8,12-14,17H,2-6,9-11H2,1H3,(H,26,27)(H,28,29)/t13?,14-,17?/m1/s1. The number of nitrogens with zero attached hydrogens (tertiary/aromatic N) is 2. The topological polar surface area (TPSA) is 101 Å². The molecule has 3 aliphatic rings. The molecule has 2 unspecified atom stereocenters. The maximum absolute atomic E-state index is 14.1. The van der Waals surface area contributed by atoms with Gasteiger partial charge in [-0.1, -0.05) is 12.8 Å². The Labute approximate surface area is 189 Å². The maximum Gasteiger partial charge on any atom is 0.337 e. The van der Waals surface area contributed by atoms with Crippen LogP contribution in [-0.4, -0.2) is 46.4 Å². The van der Waals surface area contributed by atoms with Crippen LogP contribution in [0, 0.1) is 17.8 Å². The van der Waals surface area contributed by atoms with Crippen LogP contribution < -0.4 is 5.32 Å². The molecule has 0 amide bonds. The summed E-state index contributed by atoms with van der Waals surface area (Å²) in [6.45, 7) is 1.89. The van der Waals surface area contributed by atoms with E-state index in [2.05, 4.69) is 10.3 Å². The number of allylic oxidation sites excluding steroid dienone is 1. The third kappa shape index (κ3) is 4.69. The number of ether oxygens (including phenoxy) is 1. The molecule has 0 saturated heterocycles. The molecule has 0 aromatic carbocycles. The van der Waals surface area contributed by atoms with Crippen molar-refractivity contribution in [2.45, 2.75) is 63.8 Å². The maximum atomic E-state index is 14.1. The van der Waals surface area contributed by atoms with Gasteiger partial charge in [-0.3, -0.25) is 9.79 Å². The summed E-state index contributed by atoms with van der Waals surface area (Å²) in [5, 5.41) is 15.1. The van der Waals surface area contributed by atoms with Crippen LogP contribution in [0.4, 0.5) is 8.78 Å². The molecule has 1 aromatic rings. The molecule has 0 bridgehead atoms. The van der Waals surface area contributed by atoms with E-state index in [-0.39, 0.29) is 18.9 Å². The summed E-state index contributed by atoms with van der Waals surface area (Å²) in [5.74, 6) is -6.13. The van der Waals surface area contributed by atoms with E-state index in [9.17, 15) is 23.5 Å². The number of esters is 1. The van der Waals surface area contributed by atoms with E-state index in [1.54, 1.807) is 13.1 Å². The Kier molecular flexibility index (Phi) is 6.60. The molecule has 2 fully saturated rings. The van der Waals surface area contributed by atoms with E-state index in [0.29, 0.717) is 22.1 Å². The number of hydrogen-bond donors (Lipinski definition) is 2. The Morgan fingerprint density at radius 3 is 2.69 bits per heavy atom. The van der Waals surface area contributed by atoms with Gasteiger partial charge >= 0.3 is 11.9 Å². The van der Waals surface area contributed by atoms with Crippen LogP contribution >= 0.6 is 11.3 Å². The van der Waals surface area contributed by atoms with Crippen LogP contribution in [0.3, 0.4) is 0 Å². The molecule has 174 valence electrons. The number of carboxylic acid groups (broad SMARTS) is 1. The minimum atomic E-state index is -3.04. The molecule has 2 N–H and O–H groups in total. The number of thiazole rings is 1. The number of nitrogens with one attached hydrogen (secondary N) is 1. The number of alkyl halides is 2. The van der Waals surface area contributed by atoms with Gasteiger partial charge in [-0.25, -0.2) is 18.6 Å². The predicted molar refractivity (Wildman–Crippen MR) is 115 cm³/mol. The summed E-state index contributed by atoms with van der Waals surface area (Å²) in [7, 11) is 0. The minimum Gasteiger partial charge on any atom is -0.481 e. The summed E-state index contributed by atoms with van der Waals surface area (Å²) in [6, 6.07) is -0.461. The second-order valence-electron chi connectivity index (χ2n) is 8.72. The number of aliphatic carboxylic acids is 1. The lowest BCUT2D eigenvalue weighted by molar-refractivity contribution is -0.143. The first kappa shape index (κ1) is 22.8. The molecule has 32 heavy (non-hydrogen) atoms. The van der Waals surface area contributed by atoms with E-state index in [1.165, 1.54) is 11.3 Å². The van der Waals surface area contributed by atoms with E-state index in [4.69, 9.17) is 9.73 Å². The fourth-order valence-electron chi connectivity index (χ4n) is 5.16. The van der Waals surface area contributed by atoms with Crippen LogP contribution in [0.2, 0.25) is 0 Å². The third-order valence-corrected chi connectivity index (χ3v) is 7.35. The fourth-order valence-corrected chi connectivity index (χ4v) is 5.75. The van der Waals surface area contributed by atoms with Crippen molar-refractivity contribution in [3.05, 3.63) is 27.9 Å². The minimum absolute atomic E-state index is 0.0221. The van der Waals surface area contributed by atoms with Gasteiger partial charge in [0.15, 0.2) is 10.8 Å². The molecule has 2 saturated carbocycles. The van der Waals surface area contributed by atoms with Crippen molar-refractivity contribution in [2.75, 3.05) is 6.61 Å². The smallest absolute Gasteiger partial charge is 0.337 e. The molecule has 2 aliphatic carbocycles. The van der Waals surface area contributed by atoms with Crippen molar-refractivity contribution in [2.24, 2.45) is 22.7 Å². The molecule has 1 aromatic heterocycles. The van der Waals surface area contributed by atoms with Crippen molar-refractivity contribution in [3.63, 3.8) is 0 Å². The van der Waals surface area contributed by atoms with E-state index in [1.807, 2.05) is 5.38 Å². The van der Waals surface area contributed by atoms with Crippen LogP contribution in [0.25, 0.3) is 0 Å². The average molecular weight is 468 g/mol. The molecule has 0 radical (unpaired) electrons. The SMILES string of the molecule is CCOC(=O)C1=C(CC2CC(F)(F)C[C@H]2C(=O)O)NC(c2nccs2)=NC1C1CCCC1. The number of carbonyl (C=O) groups excluding carboxylic acids is 1. The lowest BCUT2D eigenvalue weighted by atomic mass is 9.85. The summed E-state index contributed by atoms with van der Waals surface area (Å²) < 4.78 is 33.6. The largest absolute Gasteiger partial charge is 0.481 e. The fraction of sp³-hybridized carbons (Fsp3) is 0.636. The highest BCUT2D eigenvalue weighted by molar-refractivity contribution is 7.11. The van der Waals surface area contributed by atoms with Crippen LogP contribution in [-0.2, 0) is 14.3 Å². The second kappa shape index (κ2) is 9.25. The Hall–Kier alpha value is -2.36. The number of aromatic nitrogens is 1. The molecular formula is C22H27F2N3O4S. The van der Waals surface area contributed by atoms with E-state index < -0.39 is 48.6 Å². The third-order valence-electron chi connectivity index (χ3n) is 6.57. The molecular weight excluding hydrogens is 440 g/mol. The van der Waals surface area contributed by atoms with Crippen LogP contribution in [0.15, 0.2) is 27.8 Å². The van der Waals surface area contributed by atoms with Gasteiger partial charge in [0.1, 0.15) is 0 Å². The molecule has 0 spiro atoms. The van der Waals surface area contributed by atoms with Gasteiger partial charge < -0.3 is 15.2 Å². The van der Waals surface area contributed by atoms with Gasteiger partial charge in [-0.2, -0.15) is 0 Å². The average Bonchev–Trinajstić information content (AvgIpc) is 3.49. The lowest BCUT2D eigenvalue weighted by Gasteiger charge is -2.31. The number of carboxylic acids is 1. The summed E-state index contributed by atoms with van der Waals surface area (Å²) in [4.78, 5) is 33.8. The first-order valence-electron chi connectivity index (χ1n) is 11.0. The molecule has 1 aliphatic heterocycles. The predicted octanol–water partition coefficient (Wildman–Crippen LogP) is 4.01. The van der Waals surface area contributed by atoms with Gasteiger partial charge in [0, 0.05) is 30.1 Å². The number of amidine groups is 1. The van der Waals surface area contributed by atoms with Gasteiger partial charge in [0.05, 0.1) is 24.1 Å². The van der Waals surface area contributed by atoms with Gasteiger partial charge in [-0.05, 0) is 38.0 Å². The van der Waals surface area contributed by atoms with Crippen LogP contribution in [0.5, 0.6) is 0 Å². The summed E-state index contributed by atoms with van der Waals surface area (Å²) in [5.41, 5.74) is 0.785. The zero-order chi connectivity index (χ0) is 22.9. The summed E-state index contributed by atoms with van der Waals surface area (Å²) in [6.07, 6.45) is 4.36. The van der Waals surface area contributed by atoms with Crippen molar-refractivity contribution < 1.29 is 28.2 Å². The van der Waals surface area contributed by atoms with E-state index >= 15 is 0 Å². The Morgan fingerprint density at radius 1 is 1.31 bits per heavy atom. The number of halogens is 2. The monoisotopic (exact) mass is 467 g/mol. The van der Waals surface area contributed by atoms with Crippen LogP contribution in [0.1, 0.15) is 56.9 Å². The summed E-state index contributed by atoms with van der Waals surface area (Å²) >= 11 is 1.39. The van der Waals surface area contributed by atoms with Crippen molar-refractivity contribution in [1.29, 1.82) is 0 Å². The van der Waals surface area contributed by atoms with Crippen molar-refractivity contribution in [3.8, 4) is 0 Å². The van der Waals surface area contributed by atoms with E-state index in [0.717, 1.165) is 25.7 Å². The normalized spacial score (nSPS) is 27.8. The number of carbonyl (C=O) groups is 2. The molecule has 10 heteroatoms. The Balaban J connectivity index is 1.74. The highest BCUT2D eigenvalue weighted by Gasteiger charge is 2.50. The Bertz CT molecular complexity index is 926. The van der Waals surface area contributed by atoms with Gasteiger partial charge in [0.2, 0.25) is 5.92 Å². The zero-order valence-corrected chi connectivity index (χ0v) is 18.7. The number of aliphatic imine (C=N–C) groups is 1. The number of hydrogen-bond acceptors (Lipinski definition) is 7. The van der Waals surface area contributed by atoms with Gasteiger partial charge in [0.25, 0.3) is 0 Å². The van der Waals surface area contributed by atoms with Crippen molar-refractivity contribution in [1.82, 2.24) is 10.3 Å². The molecule has 4 rings (SSSR count). The first-order chi connectivity index (χ1) is 15.3. The first-order valence-corrected chi connectivity index (χ1v) is 11.9. The quantitative estimate of drug-likeness (QED) is 0.588. The van der Waals surface area contributed by atoms with Crippen molar-refractivity contribution >= 4 is 29.1 Å². The molecule has 2 heterocycles. The highest BCUT2D eigenvalue weighted by Crippen LogP contribution is 2.47. The lowest BCUT2D eigenvalue weighted by Crippen LogP contribution is -2.40. The van der Waals surface area contributed by atoms with Gasteiger partial charge in [-0.15, -0.1) is 11.3 Å². The second-order valence-corrected chi connectivity index (χ2v) is 9.61. The number of rotatable bonds is 7. The zero-order valence-electron chi connectivity index (χ0n) is 17.9.